The van der Waals surface area contributed by atoms with Crippen LogP contribution in [0, 0.1) is 5.92 Å². The van der Waals surface area contributed by atoms with E-state index in [1.807, 2.05) is 0 Å². The molecule has 0 saturated heterocycles. The molecule has 2 N–H and O–H groups in total. The summed E-state index contributed by atoms with van der Waals surface area (Å²) in [6, 6.07) is 0. The minimum absolute atomic E-state index is 0.251. The third-order valence-electron chi connectivity index (χ3n) is 5.50. The van der Waals surface area contributed by atoms with Crippen LogP contribution >= 0.6 is 0 Å². The van der Waals surface area contributed by atoms with Gasteiger partial charge in [-0.3, -0.25) is 0 Å². The van der Waals surface area contributed by atoms with Crippen molar-refractivity contribution >= 4 is 22.9 Å². The van der Waals surface area contributed by atoms with Crippen molar-refractivity contribution in [3.05, 3.63) is 82.2 Å². The van der Waals surface area contributed by atoms with Gasteiger partial charge in [0.1, 0.15) is 0 Å². The first-order valence-electron chi connectivity index (χ1n) is 9.19. The van der Waals surface area contributed by atoms with E-state index in [1.54, 1.807) is 7.05 Å². The van der Waals surface area contributed by atoms with Crippen LogP contribution in [-0.2, 0) is 0 Å². The second kappa shape index (κ2) is 5.63. The van der Waals surface area contributed by atoms with Crippen LogP contribution in [-0.4, -0.2) is 27.3 Å². The van der Waals surface area contributed by atoms with Gasteiger partial charge in [0.25, 0.3) is 0 Å². The standard InChI is InChI=1S/C21H16N6O/c1-22-18-19(25-21-20(24-18)26-28-27-21)23-15-10-8-13-6-5-11-3-2-4-12-7-9-14(15)17(13)16(11)12/h2,4-10,17H,3H2,1H3,(H,22,24,26)(H,23,25,27). The van der Waals surface area contributed by atoms with E-state index < -0.39 is 0 Å². The van der Waals surface area contributed by atoms with E-state index in [-0.39, 0.29) is 5.92 Å². The van der Waals surface area contributed by atoms with Crippen molar-refractivity contribution in [1.29, 1.82) is 0 Å². The number of allylic oxidation sites excluding steroid dienone is 13. The lowest BCUT2D eigenvalue weighted by Crippen LogP contribution is -2.24. The number of nitrogens with zero attached hydrogens (tertiary/aromatic N) is 4. The average Bonchev–Trinajstić information content (AvgIpc) is 3.19. The summed E-state index contributed by atoms with van der Waals surface area (Å²) in [6.45, 7) is 0. The molecule has 0 saturated carbocycles. The predicted molar refractivity (Wildman–Crippen MR) is 106 cm³/mol. The zero-order chi connectivity index (χ0) is 18.7. The molecule has 0 spiro atoms. The molecule has 1 unspecified atom stereocenters. The van der Waals surface area contributed by atoms with E-state index >= 15 is 0 Å². The summed E-state index contributed by atoms with van der Waals surface area (Å²) in [7, 11) is 1.80. The molecule has 0 amide bonds. The van der Waals surface area contributed by atoms with E-state index in [0.717, 1.165) is 12.1 Å². The summed E-state index contributed by atoms with van der Waals surface area (Å²) in [5.74, 6) is 1.44. The van der Waals surface area contributed by atoms with E-state index in [4.69, 9.17) is 4.63 Å². The zero-order valence-corrected chi connectivity index (χ0v) is 15.1. The molecule has 0 radical (unpaired) electrons. The number of fused-ring (bicyclic) bond motifs is 1. The predicted octanol–water partition coefficient (Wildman–Crippen LogP) is 3.60. The van der Waals surface area contributed by atoms with E-state index in [2.05, 4.69) is 79.5 Å². The molecule has 1 atom stereocenters. The lowest BCUT2D eigenvalue weighted by Gasteiger charge is -2.36. The lowest BCUT2D eigenvalue weighted by molar-refractivity contribution is 0.314. The van der Waals surface area contributed by atoms with Crippen LogP contribution in [0.1, 0.15) is 6.42 Å². The molecule has 2 aromatic heterocycles. The van der Waals surface area contributed by atoms with Crippen LogP contribution in [0.15, 0.2) is 86.8 Å². The van der Waals surface area contributed by atoms with E-state index in [0.29, 0.717) is 22.9 Å². The maximum absolute atomic E-state index is 4.74. The van der Waals surface area contributed by atoms with Crippen molar-refractivity contribution in [2.45, 2.75) is 6.42 Å². The number of rotatable bonds is 3. The molecule has 0 aromatic carbocycles. The Kier molecular flexibility index (Phi) is 3.08. The van der Waals surface area contributed by atoms with Gasteiger partial charge in [-0.15, -0.1) is 0 Å². The third kappa shape index (κ3) is 2.10. The normalized spacial score (nSPS) is 21.7. The number of aromatic nitrogens is 4. The number of hydrogen-bond acceptors (Lipinski definition) is 7. The van der Waals surface area contributed by atoms with Crippen LogP contribution < -0.4 is 10.6 Å². The number of hydrogen-bond donors (Lipinski definition) is 2. The fourth-order valence-corrected chi connectivity index (χ4v) is 4.24. The molecule has 7 heteroatoms. The van der Waals surface area contributed by atoms with Crippen molar-refractivity contribution in [2.75, 3.05) is 17.7 Å². The van der Waals surface area contributed by atoms with E-state index in [9.17, 15) is 0 Å². The van der Waals surface area contributed by atoms with Gasteiger partial charge in [-0.2, -0.15) is 0 Å². The zero-order valence-electron chi connectivity index (χ0n) is 15.1. The topological polar surface area (TPSA) is 88.8 Å². The van der Waals surface area contributed by atoms with Crippen LogP contribution in [0.3, 0.4) is 0 Å². The van der Waals surface area contributed by atoms with Gasteiger partial charge < -0.3 is 10.6 Å². The lowest BCUT2D eigenvalue weighted by atomic mass is 9.68. The van der Waals surface area contributed by atoms with Crippen LogP contribution in [0.5, 0.6) is 0 Å². The molecule has 4 aliphatic carbocycles. The maximum atomic E-state index is 4.74. The molecular formula is C21H16N6O. The smallest absolute Gasteiger partial charge is 0.245 e. The monoisotopic (exact) mass is 368 g/mol. The van der Waals surface area contributed by atoms with Gasteiger partial charge in [-0.25, -0.2) is 14.6 Å². The summed E-state index contributed by atoms with van der Waals surface area (Å²) in [5, 5.41) is 14.1. The quantitative estimate of drug-likeness (QED) is 0.856. The first-order chi connectivity index (χ1) is 13.8. The minimum atomic E-state index is 0.251. The van der Waals surface area contributed by atoms with Gasteiger partial charge in [0.15, 0.2) is 11.6 Å². The van der Waals surface area contributed by atoms with Crippen molar-refractivity contribution in [1.82, 2.24) is 20.3 Å². The summed E-state index contributed by atoms with van der Waals surface area (Å²) in [6.07, 6.45) is 18.6. The highest BCUT2D eigenvalue weighted by Crippen LogP contribution is 2.47. The van der Waals surface area contributed by atoms with Gasteiger partial charge >= 0.3 is 0 Å². The Morgan fingerprint density at radius 2 is 1.82 bits per heavy atom. The highest BCUT2D eigenvalue weighted by atomic mass is 16.6. The second-order valence-corrected chi connectivity index (χ2v) is 7.01. The molecule has 6 rings (SSSR count). The first-order valence-corrected chi connectivity index (χ1v) is 9.19. The maximum Gasteiger partial charge on any atom is 0.245 e. The van der Waals surface area contributed by atoms with E-state index in [1.165, 1.54) is 27.9 Å². The Morgan fingerprint density at radius 1 is 0.964 bits per heavy atom. The number of anilines is 2. The van der Waals surface area contributed by atoms with Gasteiger partial charge in [0.05, 0.1) is 0 Å². The average molecular weight is 368 g/mol. The highest BCUT2D eigenvalue weighted by Gasteiger charge is 2.34. The minimum Gasteiger partial charge on any atom is -0.370 e. The Morgan fingerprint density at radius 3 is 2.68 bits per heavy atom. The Balaban J connectivity index is 1.47. The second-order valence-electron chi connectivity index (χ2n) is 7.01. The largest absolute Gasteiger partial charge is 0.370 e. The van der Waals surface area contributed by atoms with Crippen molar-refractivity contribution in [3.8, 4) is 0 Å². The van der Waals surface area contributed by atoms with Crippen molar-refractivity contribution in [2.24, 2.45) is 5.92 Å². The fraction of sp³-hybridized carbons (Fsp3) is 0.143. The molecule has 28 heavy (non-hydrogen) atoms. The van der Waals surface area contributed by atoms with Crippen LogP contribution in [0.2, 0.25) is 0 Å². The van der Waals surface area contributed by atoms with Crippen molar-refractivity contribution in [3.63, 3.8) is 0 Å². The highest BCUT2D eigenvalue weighted by molar-refractivity contribution is 5.76. The van der Waals surface area contributed by atoms with Gasteiger partial charge in [0.2, 0.25) is 11.3 Å². The summed E-state index contributed by atoms with van der Waals surface area (Å²) >= 11 is 0. The Labute approximate surface area is 160 Å². The molecule has 2 heterocycles. The molecule has 0 fully saturated rings. The summed E-state index contributed by atoms with van der Waals surface area (Å²) in [5.41, 5.74) is 8.41. The molecule has 4 aliphatic rings. The Bertz CT molecular complexity index is 1250. The fourth-order valence-electron chi connectivity index (χ4n) is 4.24. The SMILES string of the molecule is CNc1nc2nonc2nc1NC1=C2C=CC3=C4C(=CC=C(C=C1)C24)CC=C3. The first kappa shape index (κ1) is 15.3. The molecular weight excluding hydrogens is 352 g/mol. The summed E-state index contributed by atoms with van der Waals surface area (Å²) in [4.78, 5) is 8.94. The molecule has 2 aromatic rings. The number of nitrogens with one attached hydrogen (secondary N) is 2. The van der Waals surface area contributed by atoms with Crippen LogP contribution in [0.4, 0.5) is 11.6 Å². The molecule has 136 valence electrons. The molecule has 0 aliphatic heterocycles. The van der Waals surface area contributed by atoms with Gasteiger partial charge in [-0.05, 0) is 50.7 Å². The van der Waals surface area contributed by atoms with Crippen LogP contribution in [0.25, 0.3) is 11.3 Å². The van der Waals surface area contributed by atoms with Crippen molar-refractivity contribution < 1.29 is 4.63 Å². The summed E-state index contributed by atoms with van der Waals surface area (Å²) < 4.78 is 4.74. The third-order valence-corrected chi connectivity index (χ3v) is 5.50. The molecule has 7 nitrogen and oxygen atoms in total. The van der Waals surface area contributed by atoms with Gasteiger partial charge in [-0.1, -0.05) is 42.5 Å². The van der Waals surface area contributed by atoms with Gasteiger partial charge in [0, 0.05) is 18.7 Å². The Hall–Kier alpha value is -3.74. The molecule has 0 bridgehead atoms.